The number of hydrogen-bond acceptors (Lipinski definition) is 1. The van der Waals surface area contributed by atoms with E-state index in [0.29, 0.717) is 5.92 Å². The van der Waals surface area contributed by atoms with Crippen molar-refractivity contribution in [3.8, 4) is 33.8 Å². The monoisotopic (exact) mass is 622 g/mol. The Hall–Kier alpha value is -6.18. The maximum Gasteiger partial charge on any atom is 0.144 e. The Morgan fingerprint density at radius 2 is 1.08 bits per heavy atom. The SMILES string of the molecule is C1=c2c(c3ccccc3c3ccccc23)=CC(c2ccc3cc(-c4c5c6c(cccc6c6ccccc46)-c4ccccc4O5)ccc3c2)C1. The highest BCUT2D eigenvalue weighted by Gasteiger charge is 2.26. The predicted octanol–water partition coefficient (Wildman–Crippen LogP) is 11.6. The van der Waals surface area contributed by atoms with Gasteiger partial charge in [0.1, 0.15) is 11.5 Å². The van der Waals surface area contributed by atoms with Gasteiger partial charge in [-0.3, -0.25) is 0 Å². The third-order valence-electron chi connectivity index (χ3n) is 10.9. The van der Waals surface area contributed by atoms with E-state index in [2.05, 4.69) is 164 Å². The maximum atomic E-state index is 6.83. The molecule has 228 valence electrons. The summed E-state index contributed by atoms with van der Waals surface area (Å²) in [5, 5.41) is 15.4. The minimum Gasteiger partial charge on any atom is -0.455 e. The number of benzene rings is 9. The molecule has 1 atom stereocenters. The number of fused-ring (bicyclic) bond motifs is 11. The average Bonchev–Trinajstić information content (AvgIpc) is 3.17. The predicted molar refractivity (Wildman–Crippen MR) is 207 cm³/mol. The van der Waals surface area contributed by atoms with Crippen LogP contribution in [0.15, 0.2) is 152 Å². The Labute approximate surface area is 283 Å². The Morgan fingerprint density at radius 1 is 0.469 bits per heavy atom. The maximum absolute atomic E-state index is 6.83. The second-order valence-corrected chi connectivity index (χ2v) is 13.5. The lowest BCUT2D eigenvalue weighted by Gasteiger charge is -2.25. The molecule has 1 heteroatoms. The van der Waals surface area contributed by atoms with E-state index >= 15 is 0 Å². The number of hydrogen-bond donors (Lipinski definition) is 0. The molecule has 0 saturated heterocycles. The standard InChI is InChI=1S/C48H30O/c1-2-12-36-34(10-1)35-11-3-4-13-37(35)44-28-32(24-25-39(36)44)30-20-21-31-27-33(23-22-29(31)26-30)46-41-16-6-5-14-38(41)42-17-9-18-43-40-15-7-8-19-45(40)49-48(46)47(42)43/h1-23,25-28,32H,24H2. The average molecular weight is 623 g/mol. The number of para-hydroxylation sites is 1. The van der Waals surface area contributed by atoms with Crippen LogP contribution in [0.1, 0.15) is 17.9 Å². The summed E-state index contributed by atoms with van der Waals surface area (Å²) < 4.78 is 6.83. The summed E-state index contributed by atoms with van der Waals surface area (Å²) in [7, 11) is 0. The molecule has 9 aromatic carbocycles. The van der Waals surface area contributed by atoms with Crippen molar-refractivity contribution in [1.82, 2.24) is 0 Å². The molecular formula is C48H30O. The van der Waals surface area contributed by atoms with Gasteiger partial charge in [0.25, 0.3) is 0 Å². The third-order valence-corrected chi connectivity index (χ3v) is 10.9. The molecule has 1 aliphatic heterocycles. The topological polar surface area (TPSA) is 9.23 Å². The molecule has 0 spiro atoms. The Balaban J connectivity index is 1.07. The van der Waals surface area contributed by atoms with E-state index in [0.717, 1.165) is 29.0 Å². The van der Waals surface area contributed by atoms with E-state index < -0.39 is 0 Å². The fourth-order valence-corrected chi connectivity index (χ4v) is 8.70. The molecule has 9 aromatic rings. The van der Waals surface area contributed by atoms with E-state index in [1.165, 1.54) is 81.0 Å². The number of ether oxygens (including phenoxy) is 1. The van der Waals surface area contributed by atoms with Gasteiger partial charge in [-0.2, -0.15) is 0 Å². The van der Waals surface area contributed by atoms with Crippen molar-refractivity contribution in [2.75, 3.05) is 0 Å². The highest BCUT2D eigenvalue weighted by atomic mass is 16.5. The zero-order valence-corrected chi connectivity index (χ0v) is 26.8. The van der Waals surface area contributed by atoms with Crippen LogP contribution in [0, 0.1) is 0 Å². The second-order valence-electron chi connectivity index (χ2n) is 13.5. The molecule has 49 heavy (non-hydrogen) atoms. The third kappa shape index (κ3) is 3.87. The van der Waals surface area contributed by atoms with E-state index in [9.17, 15) is 0 Å². The van der Waals surface area contributed by atoms with Crippen LogP contribution < -0.4 is 15.2 Å². The molecule has 0 amide bonds. The van der Waals surface area contributed by atoms with Crippen molar-refractivity contribution in [2.45, 2.75) is 12.3 Å². The van der Waals surface area contributed by atoms with Crippen molar-refractivity contribution >= 4 is 66.0 Å². The summed E-state index contributed by atoms with van der Waals surface area (Å²) in [5.41, 5.74) is 6.06. The van der Waals surface area contributed by atoms with Crippen LogP contribution in [0.3, 0.4) is 0 Å². The number of rotatable bonds is 2. The summed E-state index contributed by atoms with van der Waals surface area (Å²) in [4.78, 5) is 0. The molecule has 1 heterocycles. The van der Waals surface area contributed by atoms with Crippen molar-refractivity contribution in [3.63, 3.8) is 0 Å². The lowest BCUT2D eigenvalue weighted by Crippen LogP contribution is -2.30. The molecule has 11 rings (SSSR count). The second kappa shape index (κ2) is 10.2. The van der Waals surface area contributed by atoms with Crippen LogP contribution in [0.4, 0.5) is 0 Å². The van der Waals surface area contributed by atoms with Gasteiger partial charge >= 0.3 is 0 Å². The fraction of sp³-hybridized carbons (Fsp3) is 0.0417. The van der Waals surface area contributed by atoms with Crippen LogP contribution in [0.5, 0.6) is 11.5 Å². The molecule has 0 bridgehead atoms. The Bertz CT molecular complexity index is 3000. The van der Waals surface area contributed by atoms with Crippen molar-refractivity contribution < 1.29 is 4.74 Å². The van der Waals surface area contributed by atoms with Crippen LogP contribution in [-0.2, 0) is 0 Å². The van der Waals surface area contributed by atoms with E-state index in [-0.39, 0.29) is 0 Å². The van der Waals surface area contributed by atoms with Gasteiger partial charge in [0, 0.05) is 22.4 Å². The Morgan fingerprint density at radius 3 is 1.90 bits per heavy atom. The quantitative estimate of drug-likeness (QED) is 0.174. The molecule has 0 N–H and O–H groups in total. The van der Waals surface area contributed by atoms with Gasteiger partial charge in [-0.05, 0) is 94.2 Å². The minimum atomic E-state index is 0.321. The summed E-state index contributed by atoms with van der Waals surface area (Å²) in [6, 6.07) is 55.5. The van der Waals surface area contributed by atoms with E-state index in [1.807, 2.05) is 0 Å². The summed E-state index contributed by atoms with van der Waals surface area (Å²) >= 11 is 0. The highest BCUT2D eigenvalue weighted by molar-refractivity contribution is 6.22. The van der Waals surface area contributed by atoms with Crippen LogP contribution >= 0.6 is 0 Å². The first-order valence-electron chi connectivity index (χ1n) is 17.2. The van der Waals surface area contributed by atoms with E-state index in [4.69, 9.17) is 4.74 Å². The summed E-state index contributed by atoms with van der Waals surface area (Å²) in [5.74, 6) is 2.18. The van der Waals surface area contributed by atoms with E-state index in [1.54, 1.807) is 0 Å². The molecule has 0 aromatic heterocycles. The van der Waals surface area contributed by atoms with Gasteiger partial charge < -0.3 is 4.74 Å². The van der Waals surface area contributed by atoms with Crippen LogP contribution in [0.2, 0.25) is 0 Å². The van der Waals surface area contributed by atoms with Gasteiger partial charge in [0.2, 0.25) is 0 Å². The van der Waals surface area contributed by atoms with Crippen molar-refractivity contribution in [1.29, 1.82) is 0 Å². The highest BCUT2D eigenvalue weighted by Crippen LogP contribution is 2.53. The molecule has 1 unspecified atom stereocenters. The Kier molecular flexibility index (Phi) is 5.57. The molecule has 0 radical (unpaired) electrons. The zero-order chi connectivity index (χ0) is 32.1. The molecule has 2 aliphatic rings. The minimum absolute atomic E-state index is 0.321. The molecule has 0 fully saturated rings. The first-order valence-corrected chi connectivity index (χ1v) is 17.2. The van der Waals surface area contributed by atoms with Gasteiger partial charge in [-0.25, -0.2) is 0 Å². The van der Waals surface area contributed by atoms with Gasteiger partial charge in [-0.1, -0.05) is 152 Å². The molecule has 0 saturated carbocycles. The lowest BCUT2D eigenvalue weighted by atomic mass is 9.85. The zero-order valence-electron chi connectivity index (χ0n) is 26.8. The van der Waals surface area contributed by atoms with Crippen molar-refractivity contribution in [2.24, 2.45) is 0 Å². The van der Waals surface area contributed by atoms with Crippen LogP contribution in [0.25, 0.3) is 88.3 Å². The lowest BCUT2D eigenvalue weighted by molar-refractivity contribution is 0.489. The van der Waals surface area contributed by atoms with Gasteiger partial charge in [-0.15, -0.1) is 0 Å². The molecule has 1 aliphatic carbocycles. The largest absolute Gasteiger partial charge is 0.455 e. The fourth-order valence-electron chi connectivity index (χ4n) is 8.70. The first kappa shape index (κ1) is 26.8. The summed E-state index contributed by atoms with van der Waals surface area (Å²) in [6.07, 6.45) is 5.97. The molecule has 1 nitrogen and oxygen atoms in total. The normalized spacial score (nSPS) is 14.7. The molecular weight excluding hydrogens is 593 g/mol. The van der Waals surface area contributed by atoms with Gasteiger partial charge in [0.15, 0.2) is 0 Å². The smallest absolute Gasteiger partial charge is 0.144 e. The first-order chi connectivity index (χ1) is 24.3. The van der Waals surface area contributed by atoms with Crippen LogP contribution in [-0.4, -0.2) is 0 Å². The van der Waals surface area contributed by atoms with Crippen molar-refractivity contribution in [3.05, 3.63) is 168 Å². The summed E-state index contributed by atoms with van der Waals surface area (Å²) in [6.45, 7) is 0. The van der Waals surface area contributed by atoms with Gasteiger partial charge in [0.05, 0.1) is 0 Å².